The van der Waals surface area contributed by atoms with E-state index in [1.807, 2.05) is 41.0 Å². The molecule has 0 aliphatic carbocycles. The second-order valence-electron chi connectivity index (χ2n) is 7.97. The fourth-order valence-corrected chi connectivity index (χ4v) is 4.61. The Morgan fingerprint density at radius 1 is 1.15 bits per heavy atom. The van der Waals surface area contributed by atoms with Crippen molar-refractivity contribution in [2.75, 3.05) is 16.8 Å². The van der Waals surface area contributed by atoms with E-state index in [1.165, 1.54) is 29.1 Å². The summed E-state index contributed by atoms with van der Waals surface area (Å²) in [4.78, 5) is 13.5. The quantitative estimate of drug-likeness (QED) is 0.335. The molecule has 1 amide bonds. The van der Waals surface area contributed by atoms with Crippen molar-refractivity contribution >= 4 is 35.1 Å². The Kier molecular flexibility index (Phi) is 9.86. The minimum absolute atomic E-state index is 0.136. The molecule has 1 heterocycles. The van der Waals surface area contributed by atoms with E-state index in [2.05, 4.69) is 54.5 Å². The van der Waals surface area contributed by atoms with Gasteiger partial charge in [0.1, 0.15) is 12.4 Å². The van der Waals surface area contributed by atoms with Gasteiger partial charge in [-0.25, -0.2) is 0 Å². The van der Waals surface area contributed by atoms with Crippen LogP contribution in [0.2, 0.25) is 0 Å². The van der Waals surface area contributed by atoms with Gasteiger partial charge in [0.2, 0.25) is 5.91 Å². The van der Waals surface area contributed by atoms with Gasteiger partial charge in [0.15, 0.2) is 11.0 Å². The number of hydrogen-bond acceptors (Lipinski definition) is 7. The number of thioether (sulfide) groups is 2. The van der Waals surface area contributed by atoms with Crippen LogP contribution in [-0.4, -0.2) is 32.2 Å². The zero-order valence-electron chi connectivity index (χ0n) is 19.7. The first-order valence-electron chi connectivity index (χ1n) is 11.1. The monoisotopic (exact) mass is 495 g/mol. The first kappa shape index (κ1) is 25.7. The van der Waals surface area contributed by atoms with E-state index >= 15 is 0 Å². The second kappa shape index (κ2) is 13.1. The van der Waals surface area contributed by atoms with Gasteiger partial charge in [-0.3, -0.25) is 4.79 Å². The van der Waals surface area contributed by atoms with Crippen molar-refractivity contribution in [3.63, 3.8) is 0 Å². The highest BCUT2D eigenvalue weighted by molar-refractivity contribution is 8.00. The lowest BCUT2D eigenvalue weighted by atomic mass is 10.2. The average Bonchev–Trinajstić information content (AvgIpc) is 3.21. The lowest BCUT2D eigenvalue weighted by Gasteiger charge is -2.13. The van der Waals surface area contributed by atoms with Crippen molar-refractivity contribution in [1.29, 1.82) is 5.26 Å². The Labute approximate surface area is 209 Å². The minimum Gasteiger partial charge on any atom is -0.486 e. The molecule has 1 aromatic heterocycles. The Morgan fingerprint density at radius 2 is 1.91 bits per heavy atom. The molecule has 0 fully saturated rings. The lowest BCUT2D eigenvalue weighted by Crippen LogP contribution is -2.16. The number of carbonyl (C=O) groups is 1. The van der Waals surface area contributed by atoms with Crippen LogP contribution in [0, 0.1) is 17.2 Å². The van der Waals surface area contributed by atoms with Crippen LogP contribution >= 0.6 is 23.5 Å². The number of ether oxygens (including phenoxy) is 1. The summed E-state index contributed by atoms with van der Waals surface area (Å²) >= 11 is 2.75. The van der Waals surface area contributed by atoms with Gasteiger partial charge in [0.05, 0.1) is 23.3 Å². The van der Waals surface area contributed by atoms with Gasteiger partial charge in [-0.05, 0) is 42.2 Å². The van der Waals surface area contributed by atoms with Crippen molar-refractivity contribution in [3.8, 4) is 11.8 Å². The number of amides is 1. The number of benzene rings is 2. The van der Waals surface area contributed by atoms with Crippen LogP contribution in [0.15, 0.2) is 58.6 Å². The first-order chi connectivity index (χ1) is 16.5. The number of anilines is 1. The van der Waals surface area contributed by atoms with Crippen molar-refractivity contribution in [1.82, 2.24) is 14.8 Å². The van der Waals surface area contributed by atoms with Crippen LogP contribution < -0.4 is 10.1 Å². The predicted octanol–water partition coefficient (Wildman–Crippen LogP) is 5.42. The first-order valence-corrected chi connectivity index (χ1v) is 13.1. The predicted molar refractivity (Wildman–Crippen MR) is 137 cm³/mol. The molecule has 3 rings (SSSR count). The second-order valence-corrected chi connectivity index (χ2v) is 9.93. The molecule has 0 bridgehead atoms. The maximum absolute atomic E-state index is 12.6. The molecular formula is C25H29N5O2S2. The highest BCUT2D eigenvalue weighted by Gasteiger charge is 2.16. The zero-order chi connectivity index (χ0) is 24.3. The number of carbonyl (C=O) groups excluding carboxylic acids is 1. The third-order valence-corrected chi connectivity index (χ3v) is 6.73. The van der Waals surface area contributed by atoms with Gasteiger partial charge in [-0.15, -0.1) is 22.0 Å². The van der Waals surface area contributed by atoms with E-state index in [0.29, 0.717) is 29.1 Å². The van der Waals surface area contributed by atoms with Gasteiger partial charge in [0, 0.05) is 11.4 Å². The van der Waals surface area contributed by atoms with E-state index in [0.717, 1.165) is 29.4 Å². The molecule has 1 N–H and O–H groups in total. The molecule has 34 heavy (non-hydrogen) atoms. The van der Waals surface area contributed by atoms with Crippen LogP contribution in [0.3, 0.4) is 0 Å². The number of aryl methyl sites for hydroxylation is 1. The summed E-state index contributed by atoms with van der Waals surface area (Å²) in [5, 5.41) is 21.1. The molecular weight excluding hydrogens is 466 g/mol. The summed E-state index contributed by atoms with van der Waals surface area (Å²) in [6.07, 6.45) is 0.988. The maximum atomic E-state index is 12.6. The van der Waals surface area contributed by atoms with Crippen LogP contribution in [0.5, 0.6) is 5.75 Å². The fraction of sp³-hybridized carbons (Fsp3) is 0.360. The van der Waals surface area contributed by atoms with Gasteiger partial charge in [-0.2, -0.15) is 5.26 Å². The zero-order valence-corrected chi connectivity index (χ0v) is 21.3. The molecule has 0 saturated heterocycles. The minimum atomic E-state index is -0.136. The standard InChI is InChI=1S/C25H29N5O2S2/c1-4-19-9-11-20(12-10-19)32-16-23-28-29-25(30(23)15-18(2)3)34-17-24(31)27-21-7-5-6-8-22(21)33-14-13-26/h5-12,18H,4,14-17H2,1-3H3,(H,27,31). The van der Waals surface area contributed by atoms with E-state index < -0.39 is 0 Å². The smallest absolute Gasteiger partial charge is 0.234 e. The van der Waals surface area contributed by atoms with E-state index in [1.54, 1.807) is 0 Å². The number of rotatable bonds is 12. The molecule has 0 aliphatic rings. The summed E-state index contributed by atoms with van der Waals surface area (Å²) in [6, 6.07) is 17.7. The molecule has 0 unspecified atom stereocenters. The summed E-state index contributed by atoms with van der Waals surface area (Å²) in [6.45, 7) is 7.42. The van der Waals surface area contributed by atoms with E-state index in [-0.39, 0.29) is 11.7 Å². The number of aromatic nitrogens is 3. The lowest BCUT2D eigenvalue weighted by molar-refractivity contribution is -0.113. The summed E-state index contributed by atoms with van der Waals surface area (Å²) in [7, 11) is 0. The number of nitrogens with zero attached hydrogens (tertiary/aromatic N) is 4. The highest BCUT2D eigenvalue weighted by atomic mass is 32.2. The molecule has 7 nitrogen and oxygen atoms in total. The molecule has 2 aromatic carbocycles. The van der Waals surface area contributed by atoms with Crippen molar-refractivity contribution in [2.45, 2.75) is 50.4 Å². The number of nitrogens with one attached hydrogen (secondary N) is 1. The third-order valence-electron chi connectivity index (χ3n) is 4.83. The molecule has 0 atom stereocenters. The molecule has 0 spiro atoms. The Hall–Kier alpha value is -2.96. The van der Waals surface area contributed by atoms with Crippen molar-refractivity contribution < 1.29 is 9.53 Å². The Balaban J connectivity index is 1.63. The van der Waals surface area contributed by atoms with Crippen molar-refractivity contribution in [3.05, 3.63) is 59.9 Å². The molecule has 0 saturated carbocycles. The topological polar surface area (TPSA) is 92.8 Å². The van der Waals surface area contributed by atoms with Gasteiger partial charge < -0.3 is 14.6 Å². The summed E-state index contributed by atoms with van der Waals surface area (Å²) in [5.41, 5.74) is 1.97. The molecule has 0 radical (unpaired) electrons. The molecule has 178 valence electrons. The van der Waals surface area contributed by atoms with Crippen LogP contribution in [0.4, 0.5) is 5.69 Å². The van der Waals surface area contributed by atoms with E-state index in [9.17, 15) is 4.79 Å². The fourth-order valence-electron chi connectivity index (χ4n) is 3.17. The van der Waals surface area contributed by atoms with E-state index in [4.69, 9.17) is 10.00 Å². The maximum Gasteiger partial charge on any atom is 0.234 e. The van der Waals surface area contributed by atoms with Crippen LogP contribution in [0.25, 0.3) is 0 Å². The SMILES string of the molecule is CCc1ccc(OCc2nnc(SCC(=O)Nc3ccccc3SCC#N)n2CC(C)C)cc1. The van der Waals surface area contributed by atoms with Gasteiger partial charge in [0.25, 0.3) is 0 Å². The largest absolute Gasteiger partial charge is 0.486 e. The molecule has 3 aromatic rings. The third kappa shape index (κ3) is 7.54. The molecule has 0 aliphatic heterocycles. The van der Waals surface area contributed by atoms with Gasteiger partial charge >= 0.3 is 0 Å². The van der Waals surface area contributed by atoms with Gasteiger partial charge in [-0.1, -0.05) is 56.8 Å². The number of hydrogen-bond donors (Lipinski definition) is 1. The summed E-state index contributed by atoms with van der Waals surface area (Å²) in [5.74, 6) is 2.30. The average molecular weight is 496 g/mol. The van der Waals surface area contributed by atoms with Crippen LogP contribution in [-0.2, 0) is 24.4 Å². The highest BCUT2D eigenvalue weighted by Crippen LogP contribution is 2.27. The molecule has 9 heteroatoms. The van der Waals surface area contributed by atoms with Crippen molar-refractivity contribution in [2.24, 2.45) is 5.92 Å². The summed E-state index contributed by atoms with van der Waals surface area (Å²) < 4.78 is 7.97. The normalized spacial score (nSPS) is 10.8. The number of nitriles is 1. The number of para-hydroxylation sites is 1. The Bertz CT molecular complexity index is 1120. The van der Waals surface area contributed by atoms with Crippen LogP contribution in [0.1, 0.15) is 32.2 Å². The Morgan fingerprint density at radius 3 is 2.62 bits per heavy atom.